The van der Waals surface area contributed by atoms with Crippen molar-refractivity contribution in [1.29, 1.82) is 0 Å². The van der Waals surface area contributed by atoms with Gasteiger partial charge in [-0.15, -0.1) is 0 Å². The van der Waals surface area contributed by atoms with Crippen molar-refractivity contribution in [2.75, 3.05) is 13.2 Å². The molecule has 6 nitrogen and oxygen atoms in total. The molecule has 0 aliphatic rings. The molecule has 0 aliphatic carbocycles. The average molecular weight is 251 g/mol. The highest BCUT2D eigenvalue weighted by Gasteiger charge is 2.03. The third kappa shape index (κ3) is 5.74. The molecule has 1 aromatic carbocycles. The Morgan fingerprint density at radius 1 is 1.17 bits per heavy atom. The minimum absolute atomic E-state index is 0.253. The van der Waals surface area contributed by atoms with E-state index in [2.05, 4.69) is 20.9 Å². The Labute approximate surface area is 106 Å². The lowest BCUT2D eigenvalue weighted by Gasteiger charge is -2.08. The first-order chi connectivity index (χ1) is 8.72. The second-order valence-electron chi connectivity index (χ2n) is 3.46. The summed E-state index contributed by atoms with van der Waals surface area (Å²) in [4.78, 5) is 22.1. The van der Waals surface area contributed by atoms with Crippen LogP contribution in [0.4, 0.5) is 9.59 Å². The van der Waals surface area contributed by atoms with E-state index in [1.165, 1.54) is 0 Å². The molecule has 98 valence electrons. The number of hydrazine groups is 1. The summed E-state index contributed by atoms with van der Waals surface area (Å²) in [5.41, 5.74) is 5.42. The number of rotatable bonds is 4. The van der Waals surface area contributed by atoms with Crippen molar-refractivity contribution in [2.45, 2.75) is 13.3 Å². The van der Waals surface area contributed by atoms with Crippen molar-refractivity contribution >= 4 is 12.1 Å². The molecule has 1 aromatic rings. The Bertz CT molecular complexity index is 381. The van der Waals surface area contributed by atoms with Gasteiger partial charge in [0, 0.05) is 6.54 Å². The lowest BCUT2D eigenvalue weighted by atomic mass is 10.1. The van der Waals surface area contributed by atoms with Crippen molar-refractivity contribution in [3.05, 3.63) is 35.9 Å². The van der Waals surface area contributed by atoms with Crippen LogP contribution in [0.1, 0.15) is 12.5 Å². The van der Waals surface area contributed by atoms with Gasteiger partial charge >= 0.3 is 12.1 Å². The second-order valence-corrected chi connectivity index (χ2v) is 3.46. The highest BCUT2D eigenvalue weighted by Crippen LogP contribution is 1.97. The van der Waals surface area contributed by atoms with Crippen LogP contribution in [0.5, 0.6) is 0 Å². The second kappa shape index (κ2) is 7.94. The van der Waals surface area contributed by atoms with Crippen LogP contribution >= 0.6 is 0 Å². The Kier molecular flexibility index (Phi) is 6.10. The molecule has 6 heteroatoms. The SMILES string of the molecule is CCOC(=O)NNC(=O)NCCc1ccccc1. The van der Waals surface area contributed by atoms with E-state index in [1.807, 2.05) is 30.3 Å². The van der Waals surface area contributed by atoms with Gasteiger partial charge in [0.2, 0.25) is 0 Å². The van der Waals surface area contributed by atoms with Crippen LogP contribution in [0.2, 0.25) is 0 Å². The van der Waals surface area contributed by atoms with Gasteiger partial charge in [-0.1, -0.05) is 30.3 Å². The molecule has 0 aliphatic heterocycles. The fourth-order valence-corrected chi connectivity index (χ4v) is 1.28. The topological polar surface area (TPSA) is 79.5 Å². The maximum Gasteiger partial charge on any atom is 0.426 e. The van der Waals surface area contributed by atoms with E-state index in [0.29, 0.717) is 6.54 Å². The van der Waals surface area contributed by atoms with Crippen molar-refractivity contribution in [3.8, 4) is 0 Å². The standard InChI is InChI=1S/C12H17N3O3/c1-2-18-12(17)15-14-11(16)13-9-8-10-6-4-3-5-7-10/h3-7H,2,8-9H2,1H3,(H,15,17)(H2,13,14,16). The molecule has 0 heterocycles. The van der Waals surface area contributed by atoms with Crippen LogP contribution in [0.15, 0.2) is 30.3 Å². The number of hydrogen-bond donors (Lipinski definition) is 3. The molecule has 0 spiro atoms. The third-order valence-electron chi connectivity index (χ3n) is 2.10. The zero-order valence-corrected chi connectivity index (χ0v) is 10.2. The van der Waals surface area contributed by atoms with Gasteiger partial charge in [-0.2, -0.15) is 0 Å². The van der Waals surface area contributed by atoms with Gasteiger partial charge in [0.1, 0.15) is 0 Å². The summed E-state index contributed by atoms with van der Waals surface area (Å²) < 4.78 is 4.57. The maximum atomic E-state index is 11.2. The summed E-state index contributed by atoms with van der Waals surface area (Å²) >= 11 is 0. The fraction of sp³-hybridized carbons (Fsp3) is 0.333. The summed E-state index contributed by atoms with van der Waals surface area (Å²) in [5, 5.41) is 2.61. The molecule has 3 amide bonds. The van der Waals surface area contributed by atoms with E-state index in [0.717, 1.165) is 12.0 Å². The molecule has 0 aromatic heterocycles. The lowest BCUT2D eigenvalue weighted by molar-refractivity contribution is 0.147. The molecule has 0 radical (unpaired) electrons. The lowest BCUT2D eigenvalue weighted by Crippen LogP contribution is -2.47. The summed E-state index contributed by atoms with van der Waals surface area (Å²) in [5.74, 6) is 0. The number of amides is 3. The molecule has 0 unspecified atom stereocenters. The first-order valence-electron chi connectivity index (χ1n) is 5.73. The number of urea groups is 1. The Morgan fingerprint density at radius 3 is 2.56 bits per heavy atom. The van der Waals surface area contributed by atoms with Crippen LogP contribution in [-0.4, -0.2) is 25.3 Å². The largest absolute Gasteiger partial charge is 0.449 e. The van der Waals surface area contributed by atoms with Crippen LogP contribution in [0.25, 0.3) is 0 Å². The summed E-state index contributed by atoms with van der Waals surface area (Å²) in [6, 6.07) is 9.31. The molecule has 18 heavy (non-hydrogen) atoms. The maximum absolute atomic E-state index is 11.2. The average Bonchev–Trinajstić information content (AvgIpc) is 2.38. The first kappa shape index (κ1) is 13.8. The zero-order chi connectivity index (χ0) is 13.2. The van der Waals surface area contributed by atoms with Crippen molar-refractivity contribution in [1.82, 2.24) is 16.2 Å². The molecule has 0 saturated carbocycles. The van der Waals surface area contributed by atoms with Crippen LogP contribution in [0, 0.1) is 0 Å². The zero-order valence-electron chi connectivity index (χ0n) is 10.2. The Morgan fingerprint density at radius 2 is 1.89 bits per heavy atom. The predicted molar refractivity (Wildman–Crippen MR) is 66.8 cm³/mol. The quantitative estimate of drug-likeness (QED) is 0.703. The van der Waals surface area contributed by atoms with Gasteiger partial charge in [0.05, 0.1) is 6.61 Å². The van der Waals surface area contributed by atoms with E-state index < -0.39 is 12.1 Å². The summed E-state index contributed by atoms with van der Waals surface area (Å²) in [6.07, 6.45) is 0.0453. The van der Waals surface area contributed by atoms with E-state index in [4.69, 9.17) is 0 Å². The van der Waals surface area contributed by atoms with Crippen LogP contribution in [-0.2, 0) is 11.2 Å². The highest BCUT2D eigenvalue weighted by molar-refractivity contribution is 5.77. The van der Waals surface area contributed by atoms with Gasteiger partial charge in [0.15, 0.2) is 0 Å². The molecule has 1 rings (SSSR count). The summed E-state index contributed by atoms with van der Waals surface area (Å²) in [6.45, 7) is 2.42. The van der Waals surface area contributed by atoms with E-state index >= 15 is 0 Å². The van der Waals surface area contributed by atoms with Gasteiger partial charge < -0.3 is 10.1 Å². The van der Waals surface area contributed by atoms with Gasteiger partial charge in [-0.25, -0.2) is 20.4 Å². The molecule has 0 atom stereocenters. The minimum Gasteiger partial charge on any atom is -0.449 e. The number of nitrogens with one attached hydrogen (secondary N) is 3. The number of hydrogen-bond acceptors (Lipinski definition) is 3. The smallest absolute Gasteiger partial charge is 0.426 e. The molecular formula is C12H17N3O3. The van der Waals surface area contributed by atoms with E-state index in [1.54, 1.807) is 6.92 Å². The molecule has 0 bridgehead atoms. The van der Waals surface area contributed by atoms with Crippen molar-refractivity contribution < 1.29 is 14.3 Å². The molecule has 3 N–H and O–H groups in total. The normalized spacial score (nSPS) is 9.39. The first-order valence-corrected chi connectivity index (χ1v) is 5.73. The highest BCUT2D eigenvalue weighted by atomic mass is 16.6. The number of carbonyl (C=O) groups excluding carboxylic acids is 2. The predicted octanol–water partition coefficient (Wildman–Crippen LogP) is 1.19. The van der Waals surface area contributed by atoms with Gasteiger partial charge in [0.25, 0.3) is 0 Å². The molecule has 0 saturated heterocycles. The fourth-order valence-electron chi connectivity index (χ4n) is 1.28. The number of ether oxygens (including phenoxy) is 1. The minimum atomic E-state index is -0.685. The van der Waals surface area contributed by atoms with Crippen LogP contribution in [0.3, 0.4) is 0 Å². The Hall–Kier alpha value is -2.24. The molecular weight excluding hydrogens is 234 g/mol. The third-order valence-corrected chi connectivity index (χ3v) is 2.10. The van der Waals surface area contributed by atoms with Crippen molar-refractivity contribution in [3.63, 3.8) is 0 Å². The number of carbonyl (C=O) groups is 2. The van der Waals surface area contributed by atoms with Crippen LogP contribution < -0.4 is 16.2 Å². The van der Waals surface area contributed by atoms with Crippen molar-refractivity contribution in [2.24, 2.45) is 0 Å². The molecule has 0 fully saturated rings. The van der Waals surface area contributed by atoms with E-state index in [9.17, 15) is 9.59 Å². The van der Waals surface area contributed by atoms with Gasteiger partial charge in [-0.05, 0) is 18.9 Å². The van der Waals surface area contributed by atoms with E-state index in [-0.39, 0.29) is 6.61 Å². The monoisotopic (exact) mass is 251 g/mol. The van der Waals surface area contributed by atoms with Gasteiger partial charge in [-0.3, -0.25) is 0 Å². The Balaban J connectivity index is 2.12. The number of benzene rings is 1. The summed E-state index contributed by atoms with van der Waals surface area (Å²) in [7, 11) is 0.